The van der Waals surface area contributed by atoms with E-state index in [0.29, 0.717) is 12.0 Å². The molecule has 3 nitrogen and oxygen atoms in total. The van der Waals surface area contributed by atoms with E-state index in [4.69, 9.17) is 0 Å². The number of nitrogens with one attached hydrogen (secondary N) is 2. The highest BCUT2D eigenvalue weighted by molar-refractivity contribution is 5.84. The van der Waals surface area contributed by atoms with Crippen molar-refractivity contribution in [1.82, 2.24) is 5.43 Å². The highest BCUT2D eigenvalue weighted by Gasteiger charge is 2.45. The highest BCUT2D eigenvalue weighted by Crippen LogP contribution is 2.48. The molecule has 0 radical (unpaired) electrons. The Morgan fingerprint density at radius 3 is 2.42 bits per heavy atom. The molecule has 0 spiro atoms. The Labute approximate surface area is 135 Å². The van der Waals surface area contributed by atoms with Crippen molar-refractivity contribution in [3.63, 3.8) is 0 Å². The minimum Gasteiger partial charge on any atom is -0.298 e. The zero-order chi connectivity index (χ0) is 17.3. The molecule has 0 heterocycles. The van der Waals surface area contributed by atoms with E-state index in [1.54, 1.807) is 18.2 Å². The molecule has 0 saturated heterocycles. The number of para-hydroxylation sites is 1. The van der Waals surface area contributed by atoms with Crippen molar-refractivity contribution in [2.75, 3.05) is 5.43 Å². The number of alkyl halides is 3. The van der Waals surface area contributed by atoms with Crippen LogP contribution in [0, 0.1) is 11.7 Å². The van der Waals surface area contributed by atoms with E-state index in [2.05, 4.69) is 10.9 Å². The topological polar surface area (TPSA) is 41.1 Å². The van der Waals surface area contributed by atoms with Crippen LogP contribution in [-0.4, -0.2) is 5.91 Å². The number of hydrazine groups is 1. The van der Waals surface area contributed by atoms with Gasteiger partial charge in [0, 0.05) is 5.92 Å². The van der Waals surface area contributed by atoms with Gasteiger partial charge in [-0.25, -0.2) is 4.39 Å². The van der Waals surface area contributed by atoms with Crippen LogP contribution in [0.1, 0.15) is 23.5 Å². The van der Waals surface area contributed by atoms with Gasteiger partial charge in [0.15, 0.2) is 0 Å². The lowest BCUT2D eigenvalue weighted by Gasteiger charge is -2.15. The molecule has 1 fully saturated rings. The summed E-state index contributed by atoms with van der Waals surface area (Å²) in [5.74, 6) is -1.54. The Kier molecular flexibility index (Phi) is 4.17. The molecule has 24 heavy (non-hydrogen) atoms. The molecule has 2 aromatic rings. The molecule has 0 bridgehead atoms. The van der Waals surface area contributed by atoms with Gasteiger partial charge in [-0.1, -0.05) is 30.3 Å². The molecular formula is C17H14F4N2O. The number of carbonyl (C=O) groups is 1. The van der Waals surface area contributed by atoms with Crippen LogP contribution in [0.3, 0.4) is 0 Å². The Hall–Kier alpha value is -2.57. The van der Waals surface area contributed by atoms with Crippen molar-refractivity contribution >= 4 is 11.6 Å². The average Bonchev–Trinajstić information content (AvgIpc) is 3.33. The Morgan fingerprint density at radius 1 is 1.04 bits per heavy atom. The van der Waals surface area contributed by atoms with Gasteiger partial charge in [0.1, 0.15) is 5.82 Å². The van der Waals surface area contributed by atoms with Crippen LogP contribution in [0.15, 0.2) is 48.5 Å². The Balaban J connectivity index is 1.63. The molecule has 2 atom stereocenters. The summed E-state index contributed by atoms with van der Waals surface area (Å²) in [6.07, 6.45) is -4.06. The standard InChI is InChI=1S/C17H14F4N2O/c18-14-7-3-1-5-10(14)11-9-12(11)16(24)23-22-15-8-4-2-6-13(15)17(19,20)21/h1-8,11-12,22H,9H2,(H,23,24). The average molecular weight is 338 g/mol. The molecule has 1 amide bonds. The predicted molar refractivity (Wildman–Crippen MR) is 80.5 cm³/mol. The van der Waals surface area contributed by atoms with Crippen molar-refractivity contribution < 1.29 is 22.4 Å². The third kappa shape index (κ3) is 3.34. The van der Waals surface area contributed by atoms with Gasteiger partial charge in [-0.15, -0.1) is 0 Å². The number of anilines is 1. The molecular weight excluding hydrogens is 324 g/mol. The van der Waals surface area contributed by atoms with Gasteiger partial charge in [-0.3, -0.25) is 15.6 Å². The van der Waals surface area contributed by atoms with Gasteiger partial charge in [0.25, 0.3) is 0 Å². The molecule has 0 aliphatic heterocycles. The van der Waals surface area contributed by atoms with E-state index in [-0.39, 0.29) is 17.4 Å². The van der Waals surface area contributed by atoms with Crippen LogP contribution in [0.4, 0.5) is 23.2 Å². The van der Waals surface area contributed by atoms with Crippen molar-refractivity contribution in [3.8, 4) is 0 Å². The quantitative estimate of drug-likeness (QED) is 0.651. The lowest BCUT2D eigenvalue weighted by Crippen LogP contribution is -2.32. The van der Waals surface area contributed by atoms with Gasteiger partial charge in [0.05, 0.1) is 11.3 Å². The molecule has 1 aliphatic carbocycles. The summed E-state index contributed by atoms with van der Waals surface area (Å²) >= 11 is 0. The maximum atomic E-state index is 13.7. The Morgan fingerprint density at radius 2 is 1.71 bits per heavy atom. The van der Waals surface area contributed by atoms with E-state index in [1.165, 1.54) is 24.3 Å². The van der Waals surface area contributed by atoms with Gasteiger partial charge in [-0.2, -0.15) is 13.2 Å². The first-order valence-corrected chi connectivity index (χ1v) is 7.34. The summed E-state index contributed by atoms with van der Waals surface area (Å²) in [5.41, 5.74) is 3.94. The second-order valence-electron chi connectivity index (χ2n) is 5.63. The third-order valence-electron chi connectivity index (χ3n) is 3.98. The number of rotatable bonds is 4. The number of halogens is 4. The zero-order valence-electron chi connectivity index (χ0n) is 12.4. The second-order valence-corrected chi connectivity index (χ2v) is 5.63. The summed E-state index contributed by atoms with van der Waals surface area (Å²) < 4.78 is 52.3. The normalized spacial score (nSPS) is 19.7. The van der Waals surface area contributed by atoms with Crippen molar-refractivity contribution in [2.45, 2.75) is 18.5 Å². The number of carbonyl (C=O) groups excluding carboxylic acids is 1. The van der Waals surface area contributed by atoms with E-state index < -0.39 is 23.6 Å². The van der Waals surface area contributed by atoms with Gasteiger partial charge < -0.3 is 0 Å². The zero-order valence-corrected chi connectivity index (χ0v) is 12.4. The van der Waals surface area contributed by atoms with E-state index >= 15 is 0 Å². The van der Waals surface area contributed by atoms with Crippen molar-refractivity contribution in [2.24, 2.45) is 5.92 Å². The van der Waals surface area contributed by atoms with Gasteiger partial charge in [0.2, 0.25) is 5.91 Å². The molecule has 1 saturated carbocycles. The summed E-state index contributed by atoms with van der Waals surface area (Å²) in [5, 5.41) is 0. The maximum absolute atomic E-state index is 13.7. The van der Waals surface area contributed by atoms with Crippen LogP contribution in [-0.2, 0) is 11.0 Å². The van der Waals surface area contributed by atoms with Crippen LogP contribution in [0.2, 0.25) is 0 Å². The lowest BCUT2D eigenvalue weighted by molar-refractivity contribution is -0.137. The van der Waals surface area contributed by atoms with E-state index in [0.717, 1.165) is 6.07 Å². The first kappa shape index (κ1) is 16.3. The van der Waals surface area contributed by atoms with E-state index in [9.17, 15) is 22.4 Å². The second kappa shape index (κ2) is 6.14. The SMILES string of the molecule is O=C(NNc1ccccc1C(F)(F)F)C1CC1c1ccccc1F. The molecule has 0 aromatic heterocycles. The van der Waals surface area contributed by atoms with Crippen LogP contribution in [0.25, 0.3) is 0 Å². The molecule has 3 rings (SSSR count). The van der Waals surface area contributed by atoms with Gasteiger partial charge >= 0.3 is 6.18 Å². The minimum absolute atomic E-state index is 0.235. The third-order valence-corrected chi connectivity index (χ3v) is 3.98. The van der Waals surface area contributed by atoms with Crippen molar-refractivity contribution in [1.29, 1.82) is 0 Å². The summed E-state index contributed by atoms with van der Waals surface area (Å²) in [6, 6.07) is 11.0. The minimum atomic E-state index is -4.52. The fraction of sp³-hybridized carbons (Fsp3) is 0.235. The largest absolute Gasteiger partial charge is 0.418 e. The highest BCUT2D eigenvalue weighted by atomic mass is 19.4. The molecule has 2 unspecified atom stereocenters. The van der Waals surface area contributed by atoms with Crippen LogP contribution in [0.5, 0.6) is 0 Å². The molecule has 1 aliphatic rings. The predicted octanol–water partition coefficient (Wildman–Crippen LogP) is 4.09. The fourth-order valence-corrected chi connectivity index (χ4v) is 2.67. The summed E-state index contributed by atoms with van der Waals surface area (Å²) in [4.78, 5) is 12.1. The van der Waals surface area contributed by atoms with Crippen molar-refractivity contribution in [3.05, 3.63) is 65.5 Å². The number of benzene rings is 2. The lowest BCUT2D eigenvalue weighted by atomic mass is 10.1. The number of amides is 1. The first-order chi connectivity index (χ1) is 11.4. The van der Waals surface area contributed by atoms with Crippen LogP contribution >= 0.6 is 0 Å². The molecule has 2 aromatic carbocycles. The van der Waals surface area contributed by atoms with Gasteiger partial charge in [-0.05, 0) is 36.1 Å². The summed E-state index contributed by atoms with van der Waals surface area (Å²) in [6.45, 7) is 0. The molecule has 7 heteroatoms. The molecule has 2 N–H and O–H groups in total. The summed E-state index contributed by atoms with van der Waals surface area (Å²) in [7, 11) is 0. The first-order valence-electron chi connectivity index (χ1n) is 7.34. The Bertz CT molecular complexity index is 760. The fourth-order valence-electron chi connectivity index (χ4n) is 2.67. The number of hydrogen-bond acceptors (Lipinski definition) is 2. The molecule has 126 valence electrons. The smallest absolute Gasteiger partial charge is 0.298 e. The monoisotopic (exact) mass is 338 g/mol. The van der Waals surface area contributed by atoms with E-state index in [1.807, 2.05) is 0 Å². The van der Waals surface area contributed by atoms with Crippen LogP contribution < -0.4 is 10.9 Å². The maximum Gasteiger partial charge on any atom is 0.418 e. The number of hydrogen-bond donors (Lipinski definition) is 2.